The van der Waals surface area contributed by atoms with Crippen LogP contribution in [-0.2, 0) is 4.79 Å². The molecule has 0 aliphatic rings. The van der Waals surface area contributed by atoms with Crippen LogP contribution in [0.1, 0.15) is 40.5 Å². The summed E-state index contributed by atoms with van der Waals surface area (Å²) in [6.45, 7) is 2.41. The molecule has 2 amide bonds. The third kappa shape index (κ3) is 5.70. The van der Waals surface area contributed by atoms with Gasteiger partial charge in [-0.25, -0.2) is 4.39 Å². The Hall–Kier alpha value is -3.22. The summed E-state index contributed by atoms with van der Waals surface area (Å²) in [6.07, 6.45) is -0.0675. The van der Waals surface area contributed by atoms with Crippen LogP contribution in [0, 0.1) is 5.82 Å². The molecule has 0 aliphatic heterocycles. The lowest BCUT2D eigenvalue weighted by Crippen LogP contribution is -2.41. The molecule has 0 spiro atoms. The molecule has 26 heavy (non-hydrogen) atoms. The van der Waals surface area contributed by atoms with Crippen LogP contribution in [0.15, 0.2) is 48.5 Å². The van der Waals surface area contributed by atoms with E-state index in [9.17, 15) is 18.8 Å². The number of ether oxygens (including phenoxy) is 1. The Morgan fingerprint density at radius 3 is 2.12 bits per heavy atom. The first kappa shape index (κ1) is 19.1. The number of ketones is 1. The number of amides is 2. The van der Waals surface area contributed by atoms with E-state index in [-0.39, 0.29) is 24.2 Å². The van der Waals surface area contributed by atoms with Gasteiger partial charge in [0.1, 0.15) is 11.6 Å². The molecule has 0 heterocycles. The Bertz CT molecular complexity index is 773. The van der Waals surface area contributed by atoms with Crippen LogP contribution in [0.3, 0.4) is 0 Å². The largest absolute Gasteiger partial charge is 0.494 e. The monoisotopic (exact) mass is 358 g/mol. The Kier molecular flexibility index (Phi) is 6.84. The number of nitrogens with one attached hydrogen (secondary N) is 2. The summed E-state index contributed by atoms with van der Waals surface area (Å²) in [5.41, 5.74) is 5.13. The highest BCUT2D eigenvalue weighted by Crippen LogP contribution is 2.14. The van der Waals surface area contributed by atoms with Gasteiger partial charge >= 0.3 is 0 Å². The fourth-order valence-corrected chi connectivity index (χ4v) is 2.14. The zero-order valence-corrected chi connectivity index (χ0v) is 14.3. The number of hydrazine groups is 1. The average molecular weight is 358 g/mol. The van der Waals surface area contributed by atoms with Crippen LogP contribution < -0.4 is 15.6 Å². The molecule has 0 saturated carbocycles. The molecule has 136 valence electrons. The molecule has 0 bridgehead atoms. The van der Waals surface area contributed by atoms with E-state index in [1.165, 1.54) is 12.1 Å². The van der Waals surface area contributed by atoms with Crippen LogP contribution in [-0.4, -0.2) is 24.2 Å². The first-order valence-electron chi connectivity index (χ1n) is 8.10. The van der Waals surface area contributed by atoms with E-state index in [2.05, 4.69) is 10.9 Å². The van der Waals surface area contributed by atoms with Gasteiger partial charge < -0.3 is 4.74 Å². The highest BCUT2D eigenvalue weighted by Gasteiger charge is 2.11. The Morgan fingerprint density at radius 2 is 1.50 bits per heavy atom. The van der Waals surface area contributed by atoms with Crippen molar-refractivity contribution in [2.45, 2.75) is 19.8 Å². The third-order valence-electron chi connectivity index (χ3n) is 3.49. The summed E-state index contributed by atoms with van der Waals surface area (Å²) in [5, 5.41) is 0. The lowest BCUT2D eigenvalue weighted by Gasteiger charge is -2.07. The van der Waals surface area contributed by atoms with Crippen molar-refractivity contribution >= 4 is 17.6 Å². The molecule has 0 atom stereocenters. The molecule has 6 nitrogen and oxygen atoms in total. The second-order valence-corrected chi connectivity index (χ2v) is 5.39. The van der Waals surface area contributed by atoms with Crippen molar-refractivity contribution in [2.24, 2.45) is 0 Å². The zero-order chi connectivity index (χ0) is 18.9. The average Bonchev–Trinajstić information content (AvgIpc) is 2.65. The van der Waals surface area contributed by atoms with E-state index in [0.29, 0.717) is 17.9 Å². The predicted octanol–water partition coefficient (Wildman–Crippen LogP) is 2.65. The molecular formula is C19H19FN2O4. The molecule has 2 N–H and O–H groups in total. The summed E-state index contributed by atoms with van der Waals surface area (Å²) >= 11 is 0. The standard InChI is InChI=1S/C19H19FN2O4/c1-2-26-16-9-5-13(6-10-16)17(23)11-12-18(24)21-22-19(25)14-3-7-15(20)8-4-14/h3-10H,2,11-12H2,1H3,(H,21,24)(H,22,25). The van der Waals surface area contributed by atoms with E-state index in [1.54, 1.807) is 24.3 Å². The highest BCUT2D eigenvalue weighted by atomic mass is 19.1. The number of hydrogen-bond acceptors (Lipinski definition) is 4. The molecule has 0 aromatic heterocycles. The molecular weight excluding hydrogens is 339 g/mol. The molecule has 2 rings (SSSR count). The number of carbonyl (C=O) groups excluding carboxylic acids is 3. The Balaban J connectivity index is 1.76. The summed E-state index contributed by atoms with van der Waals surface area (Å²) in [4.78, 5) is 35.6. The molecule has 0 fully saturated rings. The van der Waals surface area contributed by atoms with Crippen molar-refractivity contribution in [2.75, 3.05) is 6.61 Å². The van der Waals surface area contributed by atoms with Crippen LogP contribution in [0.5, 0.6) is 5.75 Å². The van der Waals surface area contributed by atoms with Crippen LogP contribution >= 0.6 is 0 Å². The van der Waals surface area contributed by atoms with Crippen molar-refractivity contribution in [1.82, 2.24) is 10.9 Å². The quantitative estimate of drug-likeness (QED) is 0.589. The second-order valence-electron chi connectivity index (χ2n) is 5.39. The Morgan fingerprint density at radius 1 is 0.885 bits per heavy atom. The SMILES string of the molecule is CCOc1ccc(C(=O)CCC(=O)NNC(=O)c2ccc(F)cc2)cc1. The lowest BCUT2D eigenvalue weighted by molar-refractivity contribution is -0.121. The number of carbonyl (C=O) groups is 3. The van der Waals surface area contributed by atoms with Crippen molar-refractivity contribution in [1.29, 1.82) is 0 Å². The van der Waals surface area contributed by atoms with Gasteiger partial charge in [-0.2, -0.15) is 0 Å². The third-order valence-corrected chi connectivity index (χ3v) is 3.49. The molecule has 2 aromatic rings. The predicted molar refractivity (Wildman–Crippen MR) is 93.2 cm³/mol. The van der Waals surface area contributed by atoms with Gasteiger partial charge in [0.15, 0.2) is 5.78 Å². The number of rotatable bonds is 7. The minimum Gasteiger partial charge on any atom is -0.494 e. The van der Waals surface area contributed by atoms with Gasteiger partial charge in [-0.15, -0.1) is 0 Å². The molecule has 0 radical (unpaired) electrons. The van der Waals surface area contributed by atoms with Gasteiger partial charge in [-0.1, -0.05) is 0 Å². The van der Waals surface area contributed by atoms with E-state index < -0.39 is 17.6 Å². The maximum Gasteiger partial charge on any atom is 0.269 e. The first-order chi connectivity index (χ1) is 12.5. The molecule has 0 unspecified atom stereocenters. The van der Waals surface area contributed by atoms with Crippen molar-refractivity contribution < 1.29 is 23.5 Å². The van der Waals surface area contributed by atoms with Gasteiger partial charge in [0, 0.05) is 24.0 Å². The molecule has 2 aromatic carbocycles. The smallest absolute Gasteiger partial charge is 0.269 e. The summed E-state index contributed by atoms with van der Waals surface area (Å²) in [7, 11) is 0. The van der Waals surface area contributed by atoms with Crippen molar-refractivity contribution in [3.05, 3.63) is 65.5 Å². The van der Waals surface area contributed by atoms with E-state index in [1.807, 2.05) is 6.92 Å². The van der Waals surface area contributed by atoms with Crippen LogP contribution in [0.2, 0.25) is 0 Å². The number of hydrogen-bond donors (Lipinski definition) is 2. The van der Waals surface area contributed by atoms with Crippen LogP contribution in [0.4, 0.5) is 4.39 Å². The van der Waals surface area contributed by atoms with Crippen molar-refractivity contribution in [3.8, 4) is 5.75 Å². The van der Waals surface area contributed by atoms with Gasteiger partial charge in [0.2, 0.25) is 5.91 Å². The van der Waals surface area contributed by atoms with E-state index in [4.69, 9.17) is 4.74 Å². The van der Waals surface area contributed by atoms with Gasteiger partial charge in [0.05, 0.1) is 6.61 Å². The maximum atomic E-state index is 12.8. The second kappa shape index (κ2) is 9.31. The van der Waals surface area contributed by atoms with E-state index >= 15 is 0 Å². The Labute approximate surface area is 150 Å². The van der Waals surface area contributed by atoms with E-state index in [0.717, 1.165) is 12.1 Å². The first-order valence-corrected chi connectivity index (χ1v) is 8.10. The normalized spacial score (nSPS) is 10.1. The minimum atomic E-state index is -0.573. The number of Topliss-reactive ketones (excluding diaryl/α,β-unsaturated/α-hetero) is 1. The molecule has 0 aliphatic carbocycles. The maximum absolute atomic E-state index is 12.8. The minimum absolute atomic E-state index is 0.00618. The fourth-order valence-electron chi connectivity index (χ4n) is 2.14. The van der Waals surface area contributed by atoms with Gasteiger partial charge in [-0.3, -0.25) is 25.2 Å². The summed E-state index contributed by atoms with van der Waals surface area (Å²) in [6, 6.07) is 11.6. The van der Waals surface area contributed by atoms with Crippen molar-refractivity contribution in [3.63, 3.8) is 0 Å². The zero-order valence-electron chi connectivity index (χ0n) is 14.3. The topological polar surface area (TPSA) is 84.5 Å². The van der Waals surface area contributed by atoms with Crippen LogP contribution in [0.25, 0.3) is 0 Å². The van der Waals surface area contributed by atoms with Gasteiger partial charge in [-0.05, 0) is 55.5 Å². The number of benzene rings is 2. The summed E-state index contributed by atoms with van der Waals surface area (Å²) < 4.78 is 18.1. The fraction of sp³-hybridized carbons (Fsp3) is 0.211. The summed E-state index contributed by atoms with van der Waals surface area (Å²) in [5.74, 6) is -1.05. The number of halogens is 1. The lowest BCUT2D eigenvalue weighted by atomic mass is 10.1. The highest BCUT2D eigenvalue weighted by molar-refractivity contribution is 5.99. The molecule has 7 heteroatoms. The van der Waals surface area contributed by atoms with Gasteiger partial charge in [0.25, 0.3) is 5.91 Å². The molecule has 0 saturated heterocycles.